The highest BCUT2D eigenvalue weighted by atomic mass is 16.5. The lowest BCUT2D eigenvalue weighted by molar-refractivity contribution is 0.0805. The molecule has 0 saturated heterocycles. The molecule has 16 heavy (non-hydrogen) atoms. The summed E-state index contributed by atoms with van der Waals surface area (Å²) in [5.74, 6) is 0.933. The normalized spacial score (nSPS) is 12.4. The van der Waals surface area contributed by atoms with Gasteiger partial charge in [-0.2, -0.15) is 0 Å². The van der Waals surface area contributed by atoms with Gasteiger partial charge < -0.3 is 14.8 Å². The molecule has 0 aliphatic heterocycles. The number of likely N-dealkylation sites (N-methyl/N-ethyl adjacent to an activating group) is 1. The lowest BCUT2D eigenvalue weighted by atomic mass is 10.2. The molecule has 1 N–H and O–H groups in total. The van der Waals surface area contributed by atoms with Crippen LogP contribution in [-0.2, 0) is 4.74 Å². The van der Waals surface area contributed by atoms with Gasteiger partial charge in [0.25, 0.3) is 0 Å². The number of aryl methyl sites for hydroxylation is 1. The molecule has 1 rings (SSSR count). The van der Waals surface area contributed by atoms with Crippen LogP contribution >= 0.6 is 0 Å². The smallest absolute Gasteiger partial charge is 0.134 e. The number of ether oxygens (including phenoxy) is 2. The van der Waals surface area contributed by atoms with E-state index in [0.29, 0.717) is 6.61 Å². The summed E-state index contributed by atoms with van der Waals surface area (Å²) in [7, 11) is 1.69. The fourth-order valence-electron chi connectivity index (χ4n) is 1.49. The van der Waals surface area contributed by atoms with Crippen LogP contribution in [0.1, 0.15) is 12.5 Å². The average molecular weight is 223 g/mol. The topological polar surface area (TPSA) is 30.5 Å². The minimum atomic E-state index is 0.0612. The van der Waals surface area contributed by atoms with Crippen LogP contribution < -0.4 is 10.1 Å². The van der Waals surface area contributed by atoms with Gasteiger partial charge in [0.15, 0.2) is 0 Å². The summed E-state index contributed by atoms with van der Waals surface area (Å²) < 4.78 is 11.0. The van der Waals surface area contributed by atoms with Crippen LogP contribution in [0.2, 0.25) is 0 Å². The van der Waals surface area contributed by atoms with E-state index in [1.165, 1.54) is 0 Å². The van der Waals surface area contributed by atoms with Gasteiger partial charge in [0.1, 0.15) is 11.9 Å². The van der Waals surface area contributed by atoms with E-state index >= 15 is 0 Å². The minimum Gasteiger partial charge on any atom is -0.486 e. The van der Waals surface area contributed by atoms with Gasteiger partial charge in [-0.05, 0) is 25.1 Å². The molecule has 0 amide bonds. The SMILES string of the molecule is CCNCC(COC)Oc1ccccc1C. The number of hydrogen-bond donors (Lipinski definition) is 1. The first-order chi connectivity index (χ1) is 7.77. The molecule has 0 bridgehead atoms. The van der Waals surface area contributed by atoms with Gasteiger partial charge in [-0.1, -0.05) is 25.1 Å². The van der Waals surface area contributed by atoms with E-state index in [9.17, 15) is 0 Å². The number of para-hydroxylation sites is 1. The highest BCUT2D eigenvalue weighted by Gasteiger charge is 2.10. The van der Waals surface area contributed by atoms with E-state index in [1.807, 2.05) is 31.2 Å². The van der Waals surface area contributed by atoms with Crippen molar-refractivity contribution >= 4 is 0 Å². The summed E-state index contributed by atoms with van der Waals surface area (Å²) >= 11 is 0. The van der Waals surface area contributed by atoms with Crippen LogP contribution in [0.3, 0.4) is 0 Å². The van der Waals surface area contributed by atoms with Gasteiger partial charge in [-0.15, -0.1) is 0 Å². The molecule has 1 unspecified atom stereocenters. The predicted molar refractivity (Wildman–Crippen MR) is 66.0 cm³/mol. The number of hydrogen-bond acceptors (Lipinski definition) is 3. The number of benzene rings is 1. The molecular formula is C13H21NO2. The van der Waals surface area contributed by atoms with Crippen molar-refractivity contribution in [3.63, 3.8) is 0 Å². The van der Waals surface area contributed by atoms with E-state index in [4.69, 9.17) is 9.47 Å². The van der Waals surface area contributed by atoms with Gasteiger partial charge in [-0.25, -0.2) is 0 Å². The predicted octanol–water partition coefficient (Wildman–Crippen LogP) is 2.00. The Labute approximate surface area is 97.8 Å². The molecule has 0 aliphatic rings. The van der Waals surface area contributed by atoms with Crippen molar-refractivity contribution in [1.29, 1.82) is 0 Å². The van der Waals surface area contributed by atoms with Crippen LogP contribution in [0.25, 0.3) is 0 Å². The standard InChI is InChI=1S/C13H21NO2/c1-4-14-9-12(10-15-3)16-13-8-6-5-7-11(13)2/h5-8,12,14H,4,9-10H2,1-3H3. The maximum atomic E-state index is 5.90. The highest BCUT2D eigenvalue weighted by molar-refractivity contribution is 5.31. The van der Waals surface area contributed by atoms with Crippen molar-refractivity contribution in [3.8, 4) is 5.75 Å². The van der Waals surface area contributed by atoms with Gasteiger partial charge in [0.2, 0.25) is 0 Å². The molecule has 1 aromatic carbocycles. The Hall–Kier alpha value is -1.06. The average Bonchev–Trinajstić information content (AvgIpc) is 2.29. The van der Waals surface area contributed by atoms with Crippen molar-refractivity contribution in [2.24, 2.45) is 0 Å². The molecule has 0 aromatic heterocycles. The zero-order chi connectivity index (χ0) is 11.8. The lowest BCUT2D eigenvalue weighted by Crippen LogP contribution is -2.34. The Bertz CT molecular complexity index is 302. The largest absolute Gasteiger partial charge is 0.486 e. The lowest BCUT2D eigenvalue weighted by Gasteiger charge is -2.19. The first kappa shape index (κ1) is 13.0. The summed E-state index contributed by atoms with van der Waals surface area (Å²) in [6.45, 7) is 6.47. The van der Waals surface area contributed by atoms with Gasteiger partial charge >= 0.3 is 0 Å². The fraction of sp³-hybridized carbons (Fsp3) is 0.538. The van der Waals surface area contributed by atoms with Crippen molar-refractivity contribution in [2.75, 3.05) is 26.8 Å². The first-order valence-electron chi connectivity index (χ1n) is 5.69. The summed E-state index contributed by atoms with van der Waals surface area (Å²) in [5.41, 5.74) is 1.15. The summed E-state index contributed by atoms with van der Waals surface area (Å²) in [6, 6.07) is 8.04. The molecular weight excluding hydrogens is 202 g/mol. The molecule has 3 heteroatoms. The van der Waals surface area contributed by atoms with E-state index in [2.05, 4.69) is 12.2 Å². The van der Waals surface area contributed by atoms with E-state index < -0.39 is 0 Å². The molecule has 0 aliphatic carbocycles. The van der Waals surface area contributed by atoms with Gasteiger partial charge in [0.05, 0.1) is 6.61 Å². The van der Waals surface area contributed by atoms with Crippen molar-refractivity contribution in [1.82, 2.24) is 5.32 Å². The molecule has 0 spiro atoms. The zero-order valence-electron chi connectivity index (χ0n) is 10.3. The van der Waals surface area contributed by atoms with Crippen LogP contribution in [0.4, 0.5) is 0 Å². The van der Waals surface area contributed by atoms with Gasteiger partial charge in [0, 0.05) is 13.7 Å². The quantitative estimate of drug-likeness (QED) is 0.767. The van der Waals surface area contributed by atoms with E-state index in [1.54, 1.807) is 7.11 Å². The third-order valence-electron chi connectivity index (χ3n) is 2.36. The maximum absolute atomic E-state index is 5.90. The van der Waals surface area contributed by atoms with Crippen LogP contribution in [-0.4, -0.2) is 32.9 Å². The molecule has 0 heterocycles. The Morgan fingerprint density at radius 2 is 2.06 bits per heavy atom. The van der Waals surface area contributed by atoms with E-state index in [-0.39, 0.29) is 6.10 Å². The molecule has 3 nitrogen and oxygen atoms in total. The first-order valence-corrected chi connectivity index (χ1v) is 5.69. The third kappa shape index (κ3) is 4.21. The Morgan fingerprint density at radius 3 is 2.69 bits per heavy atom. The van der Waals surface area contributed by atoms with E-state index in [0.717, 1.165) is 24.4 Å². The fourth-order valence-corrected chi connectivity index (χ4v) is 1.49. The molecule has 0 fully saturated rings. The monoisotopic (exact) mass is 223 g/mol. The number of nitrogens with one attached hydrogen (secondary N) is 1. The van der Waals surface area contributed by atoms with Crippen LogP contribution in [0.15, 0.2) is 24.3 Å². The molecule has 1 atom stereocenters. The maximum Gasteiger partial charge on any atom is 0.134 e. The van der Waals surface area contributed by atoms with Crippen LogP contribution in [0.5, 0.6) is 5.75 Å². The second-order valence-corrected chi connectivity index (χ2v) is 3.77. The Balaban J connectivity index is 2.56. The molecule has 90 valence electrons. The minimum absolute atomic E-state index is 0.0612. The molecule has 0 radical (unpaired) electrons. The summed E-state index contributed by atoms with van der Waals surface area (Å²) in [6.07, 6.45) is 0.0612. The number of rotatable bonds is 7. The second-order valence-electron chi connectivity index (χ2n) is 3.77. The second kappa shape index (κ2) is 7.25. The Kier molecular flexibility index (Phi) is 5.90. The number of methoxy groups -OCH3 is 1. The Morgan fingerprint density at radius 1 is 1.31 bits per heavy atom. The zero-order valence-corrected chi connectivity index (χ0v) is 10.3. The molecule has 1 aromatic rings. The van der Waals surface area contributed by atoms with Gasteiger partial charge in [-0.3, -0.25) is 0 Å². The highest BCUT2D eigenvalue weighted by Crippen LogP contribution is 2.17. The van der Waals surface area contributed by atoms with Crippen molar-refractivity contribution in [2.45, 2.75) is 20.0 Å². The van der Waals surface area contributed by atoms with Crippen LogP contribution in [0, 0.1) is 6.92 Å². The summed E-state index contributed by atoms with van der Waals surface area (Å²) in [4.78, 5) is 0. The van der Waals surface area contributed by atoms with Crippen molar-refractivity contribution in [3.05, 3.63) is 29.8 Å². The van der Waals surface area contributed by atoms with Crippen molar-refractivity contribution < 1.29 is 9.47 Å². The summed E-state index contributed by atoms with van der Waals surface area (Å²) in [5, 5.41) is 3.27. The molecule has 0 saturated carbocycles. The third-order valence-corrected chi connectivity index (χ3v) is 2.36.